The van der Waals surface area contributed by atoms with Crippen LogP contribution in [0.4, 0.5) is 28.9 Å². The van der Waals surface area contributed by atoms with E-state index in [2.05, 4.69) is 25.9 Å². The summed E-state index contributed by atoms with van der Waals surface area (Å²) < 4.78 is 162. The molecule has 368 valence electrons. The number of ether oxygens (including phenoxy) is 7. The minimum absolute atomic E-state index is 0.0672. The van der Waals surface area contributed by atoms with Gasteiger partial charge in [-0.3, -0.25) is 9.97 Å². The zero-order valence-electron chi connectivity index (χ0n) is 37.5. The van der Waals surface area contributed by atoms with E-state index in [1.54, 1.807) is 24.3 Å². The minimum atomic E-state index is -5.77. The fourth-order valence-electron chi connectivity index (χ4n) is 7.30. The van der Waals surface area contributed by atoms with Crippen LogP contribution in [0.3, 0.4) is 0 Å². The monoisotopic (exact) mass is 1100 g/mol. The molecule has 6 aromatic carbocycles. The number of hydrogen-bond acceptors (Lipinski definition) is 13. The molecular weight excluding hydrogens is 1060 g/mol. The summed E-state index contributed by atoms with van der Waals surface area (Å²) >= 11 is 9.59. The smallest absolute Gasteiger partial charge is 0.417 e. The Morgan fingerprint density at radius 2 is 1.01 bits per heavy atom. The lowest BCUT2D eigenvalue weighted by Gasteiger charge is -2.36. The number of alkyl halides is 3. The zero-order chi connectivity index (χ0) is 51.0. The molecule has 0 bridgehead atoms. The molecule has 0 radical (unpaired) electrons. The third kappa shape index (κ3) is 9.66. The van der Waals surface area contributed by atoms with E-state index in [9.17, 15) is 13.2 Å². The van der Waals surface area contributed by atoms with Crippen LogP contribution >= 0.6 is 27.5 Å². The molecule has 8 aromatic rings. The molecule has 0 spiro atoms. The third-order valence-corrected chi connectivity index (χ3v) is 15.4. The first-order chi connectivity index (χ1) is 33.8. The summed E-state index contributed by atoms with van der Waals surface area (Å²) in [7, 11) is -4.24. The van der Waals surface area contributed by atoms with Crippen LogP contribution in [0, 0.1) is 5.82 Å². The molecule has 0 N–H and O–H groups in total. The summed E-state index contributed by atoms with van der Waals surface area (Å²) in [5, 5.41) is 0.629. The molecule has 0 saturated heterocycles. The van der Waals surface area contributed by atoms with Gasteiger partial charge in [0.15, 0.2) is 46.1 Å². The number of anilines is 2. The highest BCUT2D eigenvalue weighted by Crippen LogP contribution is 2.45. The predicted octanol–water partition coefficient (Wildman–Crippen LogP) is 12.0. The van der Waals surface area contributed by atoms with Crippen LogP contribution < -0.4 is 42.0 Å². The fraction of sp³-hybridized carbons (Fsp3) is 0.125. The normalized spacial score (nSPS) is 11.8. The quantitative estimate of drug-likeness (QED) is 0.0663. The van der Waals surface area contributed by atoms with Crippen molar-refractivity contribution < 1.29 is 67.6 Å². The molecule has 0 aliphatic rings. The first kappa shape index (κ1) is 50.1. The number of nitrogens with zero attached hydrogens (tertiary/aromatic N) is 4. The van der Waals surface area contributed by atoms with Crippen LogP contribution in [0.2, 0.25) is 5.02 Å². The van der Waals surface area contributed by atoms with Gasteiger partial charge in [0.1, 0.15) is 16.4 Å². The molecule has 0 fully saturated rings. The standard InChI is InChI=1S/C48H36BrClF4N4O11S2/c1-63-42-21-28(11-15-41(42)69-39-17-19-56-37-26-46(67-5)44(65-3)24-31(37)39)58(71(61,62)47-9-7-6-8-32(47)48(52,53)54)57(70(59,60)29-12-13-33(49)34(50)22-29)27-10-14-40(35(51)20-27)68-38-16-18-55-36-25-45(66-4)43(64-2)23-30(36)38/h6-26H,1-5H3. The SMILES string of the molecule is COc1cc2nccc(Oc3ccc(N(N(c4ccc(Oc5ccnc6cc(OC)c(OC)cc56)c(OC)c4)S(=O)(=O)c4ccccc4C(F)(F)F)S(=O)(=O)c4ccc(Br)c(Cl)c4)cc3F)c2cc1OC. The van der Waals surface area contributed by atoms with Crippen molar-refractivity contribution >= 4 is 80.8 Å². The van der Waals surface area contributed by atoms with E-state index in [4.69, 9.17) is 44.8 Å². The van der Waals surface area contributed by atoms with Gasteiger partial charge in [0.25, 0.3) is 20.0 Å². The summed E-state index contributed by atoms with van der Waals surface area (Å²) in [4.78, 5) is 6.66. The van der Waals surface area contributed by atoms with Gasteiger partial charge in [0, 0.05) is 51.9 Å². The molecule has 0 saturated carbocycles. The van der Waals surface area contributed by atoms with E-state index in [0.717, 1.165) is 48.5 Å². The lowest BCUT2D eigenvalue weighted by molar-refractivity contribution is -0.139. The van der Waals surface area contributed by atoms with Gasteiger partial charge < -0.3 is 33.2 Å². The van der Waals surface area contributed by atoms with E-state index in [-0.39, 0.29) is 41.3 Å². The third-order valence-electron chi connectivity index (χ3n) is 10.6. The molecule has 0 unspecified atom stereocenters. The maximum absolute atomic E-state index is 16.7. The van der Waals surface area contributed by atoms with Gasteiger partial charge in [-0.15, -0.1) is 0 Å². The molecule has 0 aliphatic carbocycles. The maximum Gasteiger partial charge on any atom is 0.417 e. The molecule has 8 rings (SSSR count). The largest absolute Gasteiger partial charge is 0.493 e. The van der Waals surface area contributed by atoms with Gasteiger partial charge in [-0.2, -0.15) is 38.8 Å². The molecule has 2 aromatic heterocycles. The van der Waals surface area contributed by atoms with Gasteiger partial charge >= 0.3 is 6.18 Å². The molecule has 0 aliphatic heterocycles. The number of benzene rings is 6. The molecule has 2 heterocycles. The topological polar surface area (TPSA) is 165 Å². The van der Waals surface area contributed by atoms with Crippen molar-refractivity contribution in [3.63, 3.8) is 0 Å². The molecular formula is C48H36BrClF4N4O11S2. The van der Waals surface area contributed by atoms with Crippen LogP contribution in [0.1, 0.15) is 5.56 Å². The Hall–Kier alpha value is -7.27. The second-order valence-electron chi connectivity index (χ2n) is 14.8. The molecule has 71 heavy (non-hydrogen) atoms. The van der Waals surface area contributed by atoms with Crippen LogP contribution in [0.25, 0.3) is 21.8 Å². The average Bonchev–Trinajstić information content (AvgIpc) is 3.36. The fourth-order valence-corrected chi connectivity index (χ4v) is 11.3. The lowest BCUT2D eigenvalue weighted by atomic mass is 10.1. The van der Waals surface area contributed by atoms with Crippen molar-refractivity contribution in [1.82, 2.24) is 9.97 Å². The Kier molecular flexibility index (Phi) is 14.0. The number of fused-ring (bicyclic) bond motifs is 2. The molecule has 15 nitrogen and oxygen atoms in total. The first-order valence-electron chi connectivity index (χ1n) is 20.4. The van der Waals surface area contributed by atoms with Gasteiger partial charge in [-0.05, 0) is 94.8 Å². The molecule has 23 heteroatoms. The molecule has 0 amide bonds. The Bertz CT molecular complexity index is 3600. The Balaban J connectivity index is 1.34. The summed E-state index contributed by atoms with van der Waals surface area (Å²) in [6, 6.07) is 21.6. The Morgan fingerprint density at radius 3 is 1.54 bits per heavy atom. The van der Waals surface area contributed by atoms with Gasteiger partial charge in [0.05, 0.1) is 73.4 Å². The van der Waals surface area contributed by atoms with E-state index in [1.165, 1.54) is 72.2 Å². The van der Waals surface area contributed by atoms with Gasteiger partial charge in [0.2, 0.25) is 0 Å². The second kappa shape index (κ2) is 19.9. The van der Waals surface area contributed by atoms with Crippen molar-refractivity contribution in [3.05, 3.63) is 149 Å². The van der Waals surface area contributed by atoms with Crippen molar-refractivity contribution in [2.45, 2.75) is 16.0 Å². The number of aromatic nitrogens is 2. The summed E-state index contributed by atoms with van der Waals surface area (Å²) in [5.74, 6) is -0.446. The Labute approximate surface area is 416 Å². The van der Waals surface area contributed by atoms with E-state index >= 15 is 21.2 Å². The second-order valence-corrected chi connectivity index (χ2v) is 19.6. The molecule has 0 atom stereocenters. The number of methoxy groups -OCH3 is 5. The van der Waals surface area contributed by atoms with Gasteiger partial charge in [-0.25, -0.2) is 4.39 Å². The number of halogens is 6. The van der Waals surface area contributed by atoms with Crippen molar-refractivity contribution in [2.75, 3.05) is 44.4 Å². The summed E-state index contributed by atoms with van der Waals surface area (Å²) in [6.45, 7) is 0. The van der Waals surface area contributed by atoms with Crippen LogP contribution in [-0.2, 0) is 26.2 Å². The highest BCUT2D eigenvalue weighted by molar-refractivity contribution is 9.10. The number of rotatable bonds is 16. The summed E-state index contributed by atoms with van der Waals surface area (Å²) in [5.41, 5.74) is -2.23. The van der Waals surface area contributed by atoms with Crippen molar-refractivity contribution in [1.29, 1.82) is 0 Å². The minimum Gasteiger partial charge on any atom is -0.493 e. The number of hydrazine groups is 1. The predicted molar refractivity (Wildman–Crippen MR) is 259 cm³/mol. The van der Waals surface area contributed by atoms with E-state index in [1.807, 2.05) is 0 Å². The van der Waals surface area contributed by atoms with E-state index < -0.39 is 64.5 Å². The van der Waals surface area contributed by atoms with Crippen LogP contribution in [0.5, 0.6) is 51.7 Å². The van der Waals surface area contributed by atoms with Crippen molar-refractivity contribution in [3.8, 4) is 51.7 Å². The highest BCUT2D eigenvalue weighted by Gasteiger charge is 2.45. The van der Waals surface area contributed by atoms with Gasteiger partial charge in [-0.1, -0.05) is 23.7 Å². The first-order valence-corrected chi connectivity index (χ1v) is 24.5. The summed E-state index contributed by atoms with van der Waals surface area (Å²) in [6.07, 6.45) is -2.46. The van der Waals surface area contributed by atoms with Crippen LogP contribution in [0.15, 0.2) is 142 Å². The van der Waals surface area contributed by atoms with Crippen molar-refractivity contribution in [2.24, 2.45) is 0 Å². The maximum atomic E-state index is 16.7. The Morgan fingerprint density at radius 1 is 0.535 bits per heavy atom. The number of pyridine rings is 2. The highest BCUT2D eigenvalue weighted by atomic mass is 79.9. The zero-order valence-corrected chi connectivity index (χ0v) is 41.5. The van der Waals surface area contributed by atoms with E-state index in [0.29, 0.717) is 63.0 Å². The van der Waals surface area contributed by atoms with Crippen LogP contribution in [-0.4, -0.2) is 62.4 Å². The number of hydrogen-bond donors (Lipinski definition) is 0. The number of sulfonamides is 2. The average molecular weight is 1100 g/mol. The lowest BCUT2D eigenvalue weighted by Crippen LogP contribution is -2.50.